The third-order valence-corrected chi connectivity index (χ3v) is 2.70. The van der Waals surface area contributed by atoms with Crippen molar-refractivity contribution in [3.8, 4) is 0 Å². The summed E-state index contributed by atoms with van der Waals surface area (Å²) < 4.78 is 0. The van der Waals surface area contributed by atoms with Gasteiger partial charge in [0.25, 0.3) is 0 Å². The topological polar surface area (TPSA) is 25.8 Å². The lowest BCUT2D eigenvalue weighted by Crippen LogP contribution is -1.93. The molecule has 81 valence electrons. The van der Waals surface area contributed by atoms with Crippen LogP contribution in [0.15, 0.2) is 54.6 Å². The number of fused-ring (bicyclic) bond motifs is 1. The van der Waals surface area contributed by atoms with Crippen LogP contribution in [0.4, 0.5) is 0 Å². The summed E-state index contributed by atoms with van der Waals surface area (Å²) in [4.78, 5) is 8.68. The summed E-state index contributed by atoms with van der Waals surface area (Å²) >= 11 is 0. The molecule has 0 unspecified atom stereocenters. The maximum Gasteiger partial charge on any atom is 0.160 e. The van der Waals surface area contributed by atoms with Crippen LogP contribution in [0.25, 0.3) is 11.0 Å². The molecule has 0 spiro atoms. The number of hydrogen-bond acceptors (Lipinski definition) is 2. The number of benzene rings is 1. The van der Waals surface area contributed by atoms with Crippen molar-refractivity contribution in [3.63, 3.8) is 0 Å². The van der Waals surface area contributed by atoms with Gasteiger partial charge in [-0.2, -0.15) is 0 Å². The molecule has 0 saturated carbocycles. The Morgan fingerprint density at radius 1 is 0.941 bits per heavy atom. The number of aromatic nitrogens is 2. The molecule has 3 aromatic rings. The van der Waals surface area contributed by atoms with Crippen molar-refractivity contribution in [3.05, 3.63) is 72.1 Å². The van der Waals surface area contributed by atoms with Gasteiger partial charge in [0.1, 0.15) is 0 Å². The SMILES string of the molecule is [c]1ccc2ccc(Cc3ccccc3)nc2n1. The lowest BCUT2D eigenvalue weighted by atomic mass is 10.1. The minimum Gasteiger partial charge on any atom is -0.233 e. The van der Waals surface area contributed by atoms with E-state index in [9.17, 15) is 0 Å². The normalized spacial score (nSPS) is 10.6. The standard InChI is InChI=1S/C15H11N2/c1-2-5-12(6-3-1)11-14-9-8-13-7-4-10-16-15(13)17-14/h1-9H,11H2. The Bertz CT molecular complexity index is 633. The first-order valence-corrected chi connectivity index (χ1v) is 5.58. The molecular weight excluding hydrogens is 208 g/mol. The molecule has 0 bridgehead atoms. The summed E-state index contributed by atoms with van der Waals surface area (Å²) in [7, 11) is 0. The molecule has 0 N–H and O–H groups in total. The van der Waals surface area contributed by atoms with Crippen LogP contribution in [0.5, 0.6) is 0 Å². The second-order valence-corrected chi connectivity index (χ2v) is 3.95. The van der Waals surface area contributed by atoms with Crippen molar-refractivity contribution >= 4 is 11.0 Å². The fraction of sp³-hybridized carbons (Fsp3) is 0.0667. The quantitative estimate of drug-likeness (QED) is 0.662. The predicted octanol–water partition coefficient (Wildman–Crippen LogP) is 3.02. The third-order valence-electron chi connectivity index (χ3n) is 2.70. The van der Waals surface area contributed by atoms with E-state index < -0.39 is 0 Å². The number of rotatable bonds is 2. The highest BCUT2D eigenvalue weighted by Crippen LogP contribution is 2.12. The smallest absolute Gasteiger partial charge is 0.160 e. The zero-order chi connectivity index (χ0) is 11.5. The minimum atomic E-state index is 0.765. The molecule has 0 atom stereocenters. The molecule has 17 heavy (non-hydrogen) atoms. The average Bonchev–Trinajstić information content (AvgIpc) is 2.40. The molecule has 0 amide bonds. The van der Waals surface area contributed by atoms with Crippen LogP contribution in [0.1, 0.15) is 11.3 Å². The molecule has 1 aromatic carbocycles. The van der Waals surface area contributed by atoms with Crippen LogP contribution in [0.2, 0.25) is 0 Å². The largest absolute Gasteiger partial charge is 0.233 e. The van der Waals surface area contributed by atoms with Crippen LogP contribution in [0.3, 0.4) is 0 Å². The summed E-state index contributed by atoms with van der Waals surface area (Å²) in [6.07, 6.45) is 3.65. The van der Waals surface area contributed by atoms with Crippen LogP contribution in [-0.2, 0) is 6.42 Å². The fourth-order valence-corrected chi connectivity index (χ4v) is 1.85. The first-order chi connectivity index (χ1) is 8.42. The molecule has 1 radical (unpaired) electrons. The third kappa shape index (κ3) is 2.16. The monoisotopic (exact) mass is 219 g/mol. The number of nitrogens with zero attached hydrogens (tertiary/aromatic N) is 2. The summed E-state index contributed by atoms with van der Waals surface area (Å²) in [6.45, 7) is 0. The summed E-state index contributed by atoms with van der Waals surface area (Å²) in [5, 5.41) is 1.06. The Balaban J connectivity index is 1.96. The lowest BCUT2D eigenvalue weighted by Gasteiger charge is -2.02. The predicted molar refractivity (Wildman–Crippen MR) is 67.6 cm³/mol. The van der Waals surface area contributed by atoms with Gasteiger partial charge in [-0.25, -0.2) is 9.97 Å². The average molecular weight is 219 g/mol. The van der Waals surface area contributed by atoms with Gasteiger partial charge in [0.15, 0.2) is 5.65 Å². The zero-order valence-electron chi connectivity index (χ0n) is 9.30. The molecule has 2 aromatic heterocycles. The van der Waals surface area contributed by atoms with Gasteiger partial charge in [-0.15, -0.1) is 0 Å². The summed E-state index contributed by atoms with van der Waals surface area (Å²) in [5.41, 5.74) is 3.07. The Morgan fingerprint density at radius 2 is 1.82 bits per heavy atom. The highest BCUT2D eigenvalue weighted by molar-refractivity contribution is 5.74. The van der Waals surface area contributed by atoms with Crippen LogP contribution in [-0.4, -0.2) is 9.97 Å². The van der Waals surface area contributed by atoms with E-state index in [0.29, 0.717) is 0 Å². The molecule has 3 rings (SSSR count). The number of pyridine rings is 2. The molecule has 0 fully saturated rings. The summed E-state index contributed by atoms with van der Waals surface area (Å²) in [5.74, 6) is 0. The van der Waals surface area contributed by atoms with Crippen molar-refractivity contribution in [2.45, 2.75) is 6.42 Å². The molecule has 0 aliphatic rings. The van der Waals surface area contributed by atoms with E-state index in [1.165, 1.54) is 5.56 Å². The van der Waals surface area contributed by atoms with Crippen molar-refractivity contribution < 1.29 is 0 Å². The van der Waals surface area contributed by atoms with Gasteiger partial charge in [-0.05, 0) is 29.8 Å². The van der Waals surface area contributed by atoms with Gasteiger partial charge in [-0.1, -0.05) is 30.3 Å². The molecule has 2 heteroatoms. The maximum absolute atomic E-state index is 4.53. The molecular formula is C15H11N2. The van der Waals surface area contributed by atoms with E-state index in [2.05, 4.69) is 40.4 Å². The van der Waals surface area contributed by atoms with Crippen molar-refractivity contribution in [2.75, 3.05) is 0 Å². The molecule has 2 nitrogen and oxygen atoms in total. The van der Waals surface area contributed by atoms with E-state index in [1.54, 1.807) is 6.07 Å². The molecule has 0 aliphatic carbocycles. The van der Waals surface area contributed by atoms with Gasteiger partial charge in [0.05, 0.1) is 6.20 Å². The van der Waals surface area contributed by atoms with Crippen LogP contribution < -0.4 is 0 Å². The highest BCUT2D eigenvalue weighted by Gasteiger charge is 2.00. The Morgan fingerprint density at radius 3 is 2.71 bits per heavy atom. The van der Waals surface area contributed by atoms with E-state index in [0.717, 1.165) is 23.1 Å². The van der Waals surface area contributed by atoms with Gasteiger partial charge >= 0.3 is 0 Å². The Kier molecular flexibility index (Phi) is 2.54. The second-order valence-electron chi connectivity index (χ2n) is 3.95. The second kappa shape index (κ2) is 4.34. The highest BCUT2D eigenvalue weighted by atomic mass is 14.8. The van der Waals surface area contributed by atoms with E-state index in [-0.39, 0.29) is 0 Å². The van der Waals surface area contributed by atoms with Gasteiger partial charge in [0, 0.05) is 17.5 Å². The van der Waals surface area contributed by atoms with Crippen molar-refractivity contribution in [2.24, 2.45) is 0 Å². The van der Waals surface area contributed by atoms with Gasteiger partial charge < -0.3 is 0 Å². The van der Waals surface area contributed by atoms with E-state index in [1.807, 2.05) is 24.3 Å². The molecule has 0 aliphatic heterocycles. The van der Waals surface area contributed by atoms with Gasteiger partial charge in [-0.3, -0.25) is 0 Å². The van der Waals surface area contributed by atoms with Crippen LogP contribution >= 0.6 is 0 Å². The first kappa shape index (κ1) is 9.97. The van der Waals surface area contributed by atoms with Crippen molar-refractivity contribution in [1.82, 2.24) is 9.97 Å². The van der Waals surface area contributed by atoms with E-state index >= 15 is 0 Å². The van der Waals surface area contributed by atoms with Crippen LogP contribution in [0, 0.1) is 6.20 Å². The Labute approximate surface area is 100.0 Å². The van der Waals surface area contributed by atoms with Crippen molar-refractivity contribution in [1.29, 1.82) is 0 Å². The Hall–Kier alpha value is -2.22. The number of hydrogen-bond donors (Lipinski definition) is 0. The zero-order valence-corrected chi connectivity index (χ0v) is 9.30. The minimum absolute atomic E-state index is 0.765. The molecule has 0 saturated heterocycles. The van der Waals surface area contributed by atoms with Gasteiger partial charge in [0.2, 0.25) is 0 Å². The van der Waals surface area contributed by atoms with E-state index in [4.69, 9.17) is 0 Å². The lowest BCUT2D eigenvalue weighted by molar-refractivity contribution is 1.08. The summed E-state index contributed by atoms with van der Waals surface area (Å²) in [6, 6.07) is 18.2. The molecule has 2 heterocycles. The maximum atomic E-state index is 4.53. The fourth-order valence-electron chi connectivity index (χ4n) is 1.85. The first-order valence-electron chi connectivity index (χ1n) is 5.58.